The molecule has 0 amide bonds. The van der Waals surface area contributed by atoms with Crippen molar-refractivity contribution in [2.24, 2.45) is 4.99 Å². The van der Waals surface area contributed by atoms with Gasteiger partial charge in [-0.2, -0.15) is 5.10 Å². The summed E-state index contributed by atoms with van der Waals surface area (Å²) in [7, 11) is 1.77. The van der Waals surface area contributed by atoms with Gasteiger partial charge in [-0.05, 0) is 18.6 Å². The Labute approximate surface area is 187 Å². The van der Waals surface area contributed by atoms with Crippen LogP contribution in [0, 0.1) is 0 Å². The number of guanidine groups is 1. The first-order valence-corrected chi connectivity index (χ1v) is 9.64. The lowest BCUT2D eigenvalue weighted by Gasteiger charge is -2.25. The summed E-state index contributed by atoms with van der Waals surface area (Å²) in [5, 5.41) is 11.3. The molecule has 0 saturated carbocycles. The molecule has 3 aromatic rings. The third kappa shape index (κ3) is 5.14. The Hall–Kier alpha value is -2.43. The van der Waals surface area contributed by atoms with Crippen molar-refractivity contribution >= 4 is 29.9 Å². The van der Waals surface area contributed by atoms with E-state index in [1.807, 2.05) is 35.0 Å². The van der Waals surface area contributed by atoms with Crippen LogP contribution >= 0.6 is 24.0 Å². The van der Waals surface area contributed by atoms with Crippen LogP contribution in [0.4, 0.5) is 0 Å². The average Bonchev–Trinajstić information content (AvgIpc) is 3.38. The molecule has 0 saturated heterocycles. The topological polar surface area (TPSA) is 93.2 Å². The Bertz CT molecular complexity index is 951. The van der Waals surface area contributed by atoms with E-state index in [2.05, 4.69) is 37.6 Å². The number of aliphatic imine (C=N–C) groups is 1. The molecule has 2 aromatic heterocycles. The van der Waals surface area contributed by atoms with Crippen LogP contribution in [-0.4, -0.2) is 38.8 Å². The standard InChI is InChI=1S/C20H25N7O.HI/c1-3-17-25-18-10-9-15(12-27(18)26-17)24-20(21-2)22-11-16-13-28-19(23-16)14-7-5-4-6-8-14;/h4-8,13,15H,3,9-12H2,1-2H3,(H2,21,22,24);1H. The summed E-state index contributed by atoms with van der Waals surface area (Å²) in [6.45, 7) is 3.42. The fourth-order valence-electron chi connectivity index (χ4n) is 3.29. The van der Waals surface area contributed by atoms with Gasteiger partial charge in [-0.1, -0.05) is 25.1 Å². The van der Waals surface area contributed by atoms with E-state index in [4.69, 9.17) is 4.42 Å². The molecule has 9 heteroatoms. The van der Waals surface area contributed by atoms with Gasteiger partial charge in [-0.15, -0.1) is 24.0 Å². The van der Waals surface area contributed by atoms with E-state index >= 15 is 0 Å². The van der Waals surface area contributed by atoms with Crippen molar-refractivity contribution in [1.29, 1.82) is 0 Å². The Kier molecular flexibility index (Phi) is 7.24. The molecular formula is C20H26IN7O. The number of benzene rings is 1. The van der Waals surface area contributed by atoms with Crippen LogP contribution in [0.25, 0.3) is 11.5 Å². The molecule has 0 bridgehead atoms. The quantitative estimate of drug-likeness (QED) is 0.314. The number of halogens is 1. The first-order valence-electron chi connectivity index (χ1n) is 9.64. The second kappa shape index (κ2) is 9.86. The minimum Gasteiger partial charge on any atom is -0.444 e. The summed E-state index contributed by atoms with van der Waals surface area (Å²) < 4.78 is 7.60. The zero-order valence-electron chi connectivity index (χ0n) is 16.6. The van der Waals surface area contributed by atoms with E-state index in [1.54, 1.807) is 13.3 Å². The van der Waals surface area contributed by atoms with Crippen molar-refractivity contribution in [2.75, 3.05) is 7.05 Å². The number of rotatable bonds is 5. The molecular weight excluding hydrogens is 481 g/mol. The number of nitrogens with one attached hydrogen (secondary N) is 2. The van der Waals surface area contributed by atoms with Gasteiger partial charge >= 0.3 is 0 Å². The highest BCUT2D eigenvalue weighted by Gasteiger charge is 2.22. The smallest absolute Gasteiger partial charge is 0.226 e. The van der Waals surface area contributed by atoms with Crippen LogP contribution in [0.1, 0.15) is 30.7 Å². The van der Waals surface area contributed by atoms with Crippen LogP contribution in [-0.2, 0) is 25.9 Å². The van der Waals surface area contributed by atoms with Crippen molar-refractivity contribution in [1.82, 2.24) is 30.4 Å². The first-order chi connectivity index (χ1) is 13.7. The number of hydrogen-bond acceptors (Lipinski definition) is 5. The maximum atomic E-state index is 5.59. The second-order valence-corrected chi connectivity index (χ2v) is 6.80. The molecule has 4 rings (SSSR count). The van der Waals surface area contributed by atoms with Crippen molar-refractivity contribution in [3.05, 3.63) is 53.9 Å². The lowest BCUT2D eigenvalue weighted by molar-refractivity contribution is 0.392. The molecule has 1 unspecified atom stereocenters. The number of oxazole rings is 1. The Morgan fingerprint density at radius 3 is 2.86 bits per heavy atom. The van der Waals surface area contributed by atoms with E-state index in [0.717, 1.165) is 54.7 Å². The van der Waals surface area contributed by atoms with Crippen LogP contribution < -0.4 is 10.6 Å². The maximum Gasteiger partial charge on any atom is 0.226 e. The molecule has 0 radical (unpaired) electrons. The molecule has 2 N–H and O–H groups in total. The minimum absolute atomic E-state index is 0. The first kappa shape index (κ1) is 21.3. The third-order valence-electron chi connectivity index (χ3n) is 4.79. The lowest BCUT2D eigenvalue weighted by Crippen LogP contribution is -2.46. The molecule has 1 aromatic carbocycles. The second-order valence-electron chi connectivity index (χ2n) is 6.80. The van der Waals surface area contributed by atoms with Gasteiger partial charge in [0, 0.05) is 31.5 Å². The fraction of sp³-hybridized carbons (Fsp3) is 0.400. The zero-order chi connectivity index (χ0) is 19.3. The summed E-state index contributed by atoms with van der Waals surface area (Å²) in [6.07, 6.45) is 4.47. The highest BCUT2D eigenvalue weighted by molar-refractivity contribution is 14.0. The van der Waals surface area contributed by atoms with Gasteiger partial charge in [0.2, 0.25) is 5.89 Å². The molecule has 1 atom stereocenters. The summed E-state index contributed by atoms with van der Waals surface area (Å²) in [5.41, 5.74) is 1.80. The minimum atomic E-state index is 0. The van der Waals surface area contributed by atoms with Crippen molar-refractivity contribution in [3.63, 3.8) is 0 Å². The Morgan fingerprint density at radius 2 is 2.10 bits per heavy atom. The highest BCUT2D eigenvalue weighted by Crippen LogP contribution is 2.18. The number of aromatic nitrogens is 4. The molecule has 154 valence electrons. The monoisotopic (exact) mass is 507 g/mol. The van der Waals surface area contributed by atoms with Gasteiger partial charge < -0.3 is 15.1 Å². The van der Waals surface area contributed by atoms with Crippen molar-refractivity contribution in [3.8, 4) is 11.5 Å². The molecule has 0 spiro atoms. The summed E-state index contributed by atoms with van der Waals surface area (Å²) in [4.78, 5) is 13.4. The van der Waals surface area contributed by atoms with E-state index in [0.29, 0.717) is 12.4 Å². The largest absolute Gasteiger partial charge is 0.444 e. The van der Waals surface area contributed by atoms with Crippen molar-refractivity contribution < 1.29 is 4.42 Å². The third-order valence-corrected chi connectivity index (χ3v) is 4.79. The maximum absolute atomic E-state index is 5.59. The van der Waals surface area contributed by atoms with Gasteiger partial charge in [-0.25, -0.2) is 14.6 Å². The number of fused-ring (bicyclic) bond motifs is 1. The molecule has 1 aliphatic rings. The predicted molar refractivity (Wildman–Crippen MR) is 122 cm³/mol. The van der Waals surface area contributed by atoms with E-state index < -0.39 is 0 Å². The van der Waals surface area contributed by atoms with Crippen molar-refractivity contribution in [2.45, 2.75) is 45.3 Å². The number of hydrogen-bond donors (Lipinski definition) is 2. The average molecular weight is 507 g/mol. The fourth-order valence-corrected chi connectivity index (χ4v) is 3.29. The highest BCUT2D eigenvalue weighted by atomic mass is 127. The van der Waals surface area contributed by atoms with Gasteiger partial charge in [0.1, 0.15) is 12.1 Å². The van der Waals surface area contributed by atoms with Gasteiger partial charge in [-0.3, -0.25) is 4.99 Å². The molecule has 1 aliphatic heterocycles. The number of nitrogens with zero attached hydrogens (tertiary/aromatic N) is 5. The van der Waals surface area contributed by atoms with Crippen LogP contribution in [0.5, 0.6) is 0 Å². The molecule has 0 aliphatic carbocycles. The van der Waals surface area contributed by atoms with Gasteiger partial charge in [0.15, 0.2) is 11.8 Å². The normalized spacial score (nSPS) is 16.1. The van der Waals surface area contributed by atoms with E-state index in [1.165, 1.54) is 0 Å². The Morgan fingerprint density at radius 1 is 1.28 bits per heavy atom. The Balaban J connectivity index is 0.00000240. The zero-order valence-corrected chi connectivity index (χ0v) is 19.0. The van der Waals surface area contributed by atoms with Crippen LogP contribution in [0.2, 0.25) is 0 Å². The molecule has 29 heavy (non-hydrogen) atoms. The lowest BCUT2D eigenvalue weighted by atomic mass is 10.1. The van der Waals surface area contributed by atoms with E-state index in [9.17, 15) is 0 Å². The van der Waals surface area contributed by atoms with Gasteiger partial charge in [0.25, 0.3) is 0 Å². The number of aryl methyl sites for hydroxylation is 2. The molecule has 3 heterocycles. The van der Waals surface area contributed by atoms with Crippen LogP contribution in [0.3, 0.4) is 0 Å². The van der Waals surface area contributed by atoms with Crippen LogP contribution in [0.15, 0.2) is 46.0 Å². The van der Waals surface area contributed by atoms with Gasteiger partial charge in [0.05, 0.1) is 18.8 Å². The SMILES string of the molecule is CCc1nc2n(n1)CC(NC(=NC)NCc1coc(-c3ccccc3)n1)CC2.I. The summed E-state index contributed by atoms with van der Waals surface area (Å²) >= 11 is 0. The van der Waals surface area contributed by atoms with E-state index in [-0.39, 0.29) is 30.0 Å². The summed E-state index contributed by atoms with van der Waals surface area (Å²) in [6, 6.07) is 10.1. The summed E-state index contributed by atoms with van der Waals surface area (Å²) in [5.74, 6) is 3.36. The predicted octanol–water partition coefficient (Wildman–Crippen LogP) is 2.79. The molecule has 8 nitrogen and oxygen atoms in total. The molecule has 0 fully saturated rings.